The molecule has 1 rings (SSSR count). The summed E-state index contributed by atoms with van der Waals surface area (Å²) in [5.41, 5.74) is 0.783. The van der Waals surface area contributed by atoms with Crippen LogP contribution in [0.5, 0.6) is 0 Å². The van der Waals surface area contributed by atoms with Crippen molar-refractivity contribution in [3.05, 3.63) is 41.7 Å². The number of benzene rings is 1. The highest BCUT2D eigenvalue weighted by molar-refractivity contribution is 5.90. The third-order valence-corrected chi connectivity index (χ3v) is 4.04. The van der Waals surface area contributed by atoms with E-state index in [4.69, 9.17) is 4.74 Å². The van der Waals surface area contributed by atoms with Crippen molar-refractivity contribution in [2.45, 2.75) is 71.1 Å². The van der Waals surface area contributed by atoms with E-state index in [-0.39, 0.29) is 5.76 Å². The van der Waals surface area contributed by atoms with Crippen molar-refractivity contribution >= 4 is 12.0 Å². The smallest absolute Gasteiger partial charge is 0.373 e. The predicted molar refractivity (Wildman–Crippen MR) is 99.9 cm³/mol. The quantitative estimate of drug-likeness (QED) is 0.207. The summed E-state index contributed by atoms with van der Waals surface area (Å²) < 4.78 is 5.09. The zero-order chi connectivity index (χ0) is 17.5. The molecule has 0 fully saturated rings. The van der Waals surface area contributed by atoms with Crippen LogP contribution in [-0.2, 0) is 9.53 Å². The first-order valence-electron chi connectivity index (χ1n) is 9.37. The molecule has 0 heterocycles. The number of ether oxygens (including phenoxy) is 1. The van der Waals surface area contributed by atoms with Gasteiger partial charge in [0, 0.05) is 0 Å². The van der Waals surface area contributed by atoms with Crippen LogP contribution in [0.1, 0.15) is 76.7 Å². The molecule has 0 unspecified atom stereocenters. The predicted octanol–water partition coefficient (Wildman–Crippen LogP) is 6.05. The van der Waals surface area contributed by atoms with Gasteiger partial charge in [0.1, 0.15) is 0 Å². The minimum atomic E-state index is -0.644. The Labute approximate surface area is 146 Å². The van der Waals surface area contributed by atoms with Gasteiger partial charge in [-0.1, -0.05) is 95.0 Å². The zero-order valence-electron chi connectivity index (χ0n) is 15.0. The summed E-state index contributed by atoms with van der Waals surface area (Å²) in [5.74, 6) is -0.983. The second-order valence-electron chi connectivity index (χ2n) is 6.26. The fraction of sp³-hybridized carbons (Fsp3) is 0.571. The van der Waals surface area contributed by atoms with Crippen LogP contribution < -0.4 is 0 Å². The Balaban J connectivity index is 2.01. The van der Waals surface area contributed by atoms with Crippen LogP contribution in [0.25, 0.3) is 6.08 Å². The maximum absolute atomic E-state index is 11.7. The number of aliphatic hydroxyl groups is 1. The van der Waals surface area contributed by atoms with Gasteiger partial charge in [-0.3, -0.25) is 0 Å². The number of esters is 1. The molecule has 0 atom stereocenters. The van der Waals surface area contributed by atoms with Gasteiger partial charge in [-0.05, 0) is 18.1 Å². The van der Waals surface area contributed by atoms with Gasteiger partial charge in [-0.2, -0.15) is 0 Å². The number of carbonyl (C=O) groups is 1. The Kier molecular flexibility index (Phi) is 11.5. The van der Waals surface area contributed by atoms with Gasteiger partial charge in [0.25, 0.3) is 0 Å². The van der Waals surface area contributed by atoms with Crippen molar-refractivity contribution in [1.82, 2.24) is 0 Å². The average molecular weight is 332 g/mol. The number of carbonyl (C=O) groups excluding carboxylic acids is 1. The van der Waals surface area contributed by atoms with Crippen LogP contribution >= 0.6 is 0 Å². The number of unbranched alkanes of at least 4 members (excludes halogenated alkanes) is 9. The molecule has 0 bridgehead atoms. The average Bonchev–Trinajstić information content (AvgIpc) is 2.60. The molecule has 0 radical (unpaired) electrons. The Morgan fingerprint density at radius 1 is 0.917 bits per heavy atom. The summed E-state index contributed by atoms with van der Waals surface area (Å²) in [6, 6.07) is 9.25. The molecule has 1 aromatic carbocycles. The lowest BCUT2D eigenvalue weighted by Crippen LogP contribution is -2.08. The van der Waals surface area contributed by atoms with Crippen LogP contribution in [0.15, 0.2) is 36.1 Å². The van der Waals surface area contributed by atoms with E-state index in [1.165, 1.54) is 57.4 Å². The summed E-state index contributed by atoms with van der Waals surface area (Å²) in [4.78, 5) is 11.7. The van der Waals surface area contributed by atoms with Crippen molar-refractivity contribution in [2.24, 2.45) is 0 Å². The van der Waals surface area contributed by atoms with E-state index in [2.05, 4.69) is 6.92 Å². The molecule has 134 valence electrons. The molecule has 0 aliphatic rings. The second-order valence-corrected chi connectivity index (χ2v) is 6.26. The summed E-state index contributed by atoms with van der Waals surface area (Å²) >= 11 is 0. The molecule has 3 nitrogen and oxygen atoms in total. The Morgan fingerprint density at radius 3 is 2.04 bits per heavy atom. The van der Waals surface area contributed by atoms with Crippen molar-refractivity contribution in [2.75, 3.05) is 6.61 Å². The highest BCUT2D eigenvalue weighted by Gasteiger charge is 2.08. The first-order valence-corrected chi connectivity index (χ1v) is 9.37. The van der Waals surface area contributed by atoms with Gasteiger partial charge in [0.15, 0.2) is 0 Å². The molecule has 0 spiro atoms. The van der Waals surface area contributed by atoms with E-state index in [1.54, 1.807) is 0 Å². The van der Waals surface area contributed by atoms with Gasteiger partial charge < -0.3 is 9.84 Å². The number of aliphatic hydroxyl groups excluding tert-OH is 1. The summed E-state index contributed by atoms with van der Waals surface area (Å²) in [6.07, 6.45) is 13.9. The van der Waals surface area contributed by atoms with Crippen molar-refractivity contribution in [3.63, 3.8) is 0 Å². The van der Waals surface area contributed by atoms with Crippen LogP contribution in [0.3, 0.4) is 0 Å². The van der Waals surface area contributed by atoms with E-state index in [1.807, 2.05) is 30.3 Å². The molecule has 24 heavy (non-hydrogen) atoms. The highest BCUT2D eigenvalue weighted by atomic mass is 16.5. The monoisotopic (exact) mass is 332 g/mol. The molecule has 0 saturated carbocycles. The van der Waals surface area contributed by atoms with Gasteiger partial charge in [-0.25, -0.2) is 4.79 Å². The van der Waals surface area contributed by atoms with E-state index in [0.29, 0.717) is 6.61 Å². The Morgan fingerprint density at radius 2 is 1.46 bits per heavy atom. The lowest BCUT2D eigenvalue weighted by Gasteiger charge is -2.05. The van der Waals surface area contributed by atoms with Crippen molar-refractivity contribution in [3.8, 4) is 0 Å². The fourth-order valence-electron chi connectivity index (χ4n) is 2.59. The molecule has 1 aromatic rings. The molecule has 0 aliphatic heterocycles. The minimum absolute atomic E-state index is 0.340. The Bertz CT molecular complexity index is 465. The first kappa shape index (κ1) is 20.3. The molecule has 0 saturated heterocycles. The minimum Gasteiger partial charge on any atom is -0.502 e. The molecule has 0 aliphatic carbocycles. The number of hydrogen-bond acceptors (Lipinski definition) is 3. The van der Waals surface area contributed by atoms with E-state index in [9.17, 15) is 9.90 Å². The van der Waals surface area contributed by atoms with Gasteiger partial charge in [0.05, 0.1) is 6.61 Å². The first-order chi connectivity index (χ1) is 11.7. The largest absolute Gasteiger partial charge is 0.502 e. The van der Waals surface area contributed by atoms with E-state index in [0.717, 1.165) is 18.4 Å². The summed E-state index contributed by atoms with van der Waals surface area (Å²) in [6.45, 7) is 2.62. The van der Waals surface area contributed by atoms with E-state index >= 15 is 0 Å². The van der Waals surface area contributed by atoms with Gasteiger partial charge >= 0.3 is 5.97 Å². The van der Waals surface area contributed by atoms with Crippen LogP contribution in [0, 0.1) is 0 Å². The maximum Gasteiger partial charge on any atom is 0.373 e. The second kappa shape index (κ2) is 13.6. The zero-order valence-corrected chi connectivity index (χ0v) is 15.0. The topological polar surface area (TPSA) is 46.5 Å². The van der Waals surface area contributed by atoms with Gasteiger partial charge in [0.2, 0.25) is 5.76 Å². The molecule has 0 aromatic heterocycles. The molecule has 0 amide bonds. The number of rotatable bonds is 13. The molecule has 1 N–H and O–H groups in total. The lowest BCUT2D eigenvalue weighted by molar-refractivity contribution is -0.142. The number of hydrogen-bond donors (Lipinski definition) is 1. The molecular formula is C21H32O3. The van der Waals surface area contributed by atoms with E-state index < -0.39 is 5.97 Å². The molecular weight excluding hydrogens is 300 g/mol. The van der Waals surface area contributed by atoms with Crippen LogP contribution in [0.2, 0.25) is 0 Å². The SMILES string of the molecule is CCCCCCCCCCCCOC(=O)C(O)=Cc1ccccc1. The standard InChI is InChI=1S/C21H32O3/c1-2-3-4-5-6-7-8-9-10-14-17-24-21(23)20(22)18-19-15-12-11-13-16-19/h11-13,15-16,18,22H,2-10,14,17H2,1H3. The third-order valence-electron chi connectivity index (χ3n) is 4.04. The van der Waals surface area contributed by atoms with Crippen LogP contribution in [-0.4, -0.2) is 17.7 Å². The highest BCUT2D eigenvalue weighted by Crippen LogP contribution is 2.11. The maximum atomic E-state index is 11.7. The lowest BCUT2D eigenvalue weighted by atomic mass is 10.1. The van der Waals surface area contributed by atoms with Crippen LogP contribution in [0.4, 0.5) is 0 Å². The van der Waals surface area contributed by atoms with Crippen molar-refractivity contribution < 1.29 is 14.6 Å². The van der Waals surface area contributed by atoms with Crippen molar-refractivity contribution in [1.29, 1.82) is 0 Å². The molecule has 3 heteroatoms. The third kappa shape index (κ3) is 10.1. The fourth-order valence-corrected chi connectivity index (χ4v) is 2.59. The normalized spacial score (nSPS) is 11.5. The Hall–Kier alpha value is -1.77. The summed E-state index contributed by atoms with van der Waals surface area (Å²) in [7, 11) is 0. The van der Waals surface area contributed by atoms with Gasteiger partial charge in [-0.15, -0.1) is 0 Å². The summed E-state index contributed by atoms with van der Waals surface area (Å²) in [5, 5.41) is 9.72.